The summed E-state index contributed by atoms with van der Waals surface area (Å²) in [6.07, 6.45) is 8.08. The van der Waals surface area contributed by atoms with Crippen LogP contribution in [-0.4, -0.2) is 0 Å². The maximum atomic E-state index is 4.58. The largest absolute Gasteiger partial charge is 0.135 e. The van der Waals surface area contributed by atoms with Crippen molar-refractivity contribution in [3.63, 3.8) is 0 Å². The lowest BCUT2D eigenvalue weighted by Gasteiger charge is -2.28. The predicted molar refractivity (Wildman–Crippen MR) is 182 cm³/mol. The van der Waals surface area contributed by atoms with Crippen molar-refractivity contribution in [2.45, 2.75) is 53.9 Å². The van der Waals surface area contributed by atoms with Crippen LogP contribution in [0.4, 0.5) is 0 Å². The third-order valence-electron chi connectivity index (χ3n) is 9.42. The monoisotopic (exact) mass is 552 g/mol. The zero-order valence-corrected chi connectivity index (χ0v) is 26.0. The van der Waals surface area contributed by atoms with Gasteiger partial charge in [0.1, 0.15) is 0 Å². The van der Waals surface area contributed by atoms with Gasteiger partial charge in [0.15, 0.2) is 0 Å². The van der Waals surface area contributed by atoms with Gasteiger partial charge in [-0.05, 0) is 107 Å². The van der Waals surface area contributed by atoms with Crippen LogP contribution >= 0.6 is 11.3 Å². The lowest BCUT2D eigenvalue weighted by Crippen LogP contribution is -2.12. The Bertz CT molecular complexity index is 1860. The second kappa shape index (κ2) is 11.0. The Labute approximate surface area is 249 Å². The summed E-state index contributed by atoms with van der Waals surface area (Å²) in [5.41, 5.74) is 13.4. The molecule has 6 rings (SSSR count). The summed E-state index contributed by atoms with van der Waals surface area (Å²) in [5, 5.41) is 2.72. The number of hydrogen-bond donors (Lipinski definition) is 0. The Morgan fingerprint density at radius 1 is 0.805 bits per heavy atom. The molecular weight excluding hydrogens is 513 g/mol. The van der Waals surface area contributed by atoms with E-state index in [9.17, 15) is 0 Å². The average molecular weight is 553 g/mol. The number of hydrogen-bond acceptors (Lipinski definition) is 1. The Morgan fingerprint density at radius 2 is 1.51 bits per heavy atom. The molecular formula is C40H40S. The van der Waals surface area contributed by atoms with Crippen LogP contribution in [0.3, 0.4) is 0 Å². The zero-order chi connectivity index (χ0) is 28.8. The zero-order valence-electron chi connectivity index (χ0n) is 25.2. The lowest BCUT2D eigenvalue weighted by molar-refractivity contribution is 0.567. The molecule has 41 heavy (non-hydrogen) atoms. The van der Waals surface area contributed by atoms with E-state index in [1.807, 2.05) is 11.3 Å². The summed E-state index contributed by atoms with van der Waals surface area (Å²) < 4.78 is 2.75. The number of benzene rings is 4. The summed E-state index contributed by atoms with van der Waals surface area (Å²) in [5.74, 6) is 1.24. The maximum absolute atomic E-state index is 4.58. The van der Waals surface area contributed by atoms with E-state index in [1.54, 1.807) is 0 Å². The molecule has 1 aliphatic carbocycles. The van der Waals surface area contributed by atoms with Crippen LogP contribution in [0.1, 0.15) is 55.4 Å². The molecule has 4 aromatic carbocycles. The number of allylic oxidation sites excluding steroid dienone is 5. The fraction of sp³-hybridized carbons (Fsp3) is 0.250. The average Bonchev–Trinajstić information content (AvgIpc) is 3.37. The molecule has 0 fully saturated rings. The molecule has 1 heteroatoms. The smallest absolute Gasteiger partial charge is 0.0390 e. The van der Waals surface area contributed by atoms with Gasteiger partial charge in [-0.2, -0.15) is 0 Å². The number of fused-ring (bicyclic) bond motifs is 3. The van der Waals surface area contributed by atoms with E-state index in [2.05, 4.69) is 139 Å². The van der Waals surface area contributed by atoms with Gasteiger partial charge in [0.05, 0.1) is 0 Å². The predicted octanol–water partition coefficient (Wildman–Crippen LogP) is 12.1. The van der Waals surface area contributed by atoms with Crippen LogP contribution in [-0.2, 0) is 0 Å². The molecule has 0 N–H and O–H groups in total. The van der Waals surface area contributed by atoms with Gasteiger partial charge in [0.25, 0.3) is 0 Å². The second-order valence-electron chi connectivity index (χ2n) is 12.1. The molecule has 1 aromatic heterocycles. The summed E-state index contributed by atoms with van der Waals surface area (Å²) >= 11 is 1.91. The topological polar surface area (TPSA) is 0 Å². The number of rotatable bonds is 6. The molecule has 1 aliphatic rings. The lowest BCUT2D eigenvalue weighted by atomic mass is 9.76. The SMILES string of the molecule is C=C(C1=CC(C)CC=C1)C(C)C(C)c1ccccc1-c1c(C)ccc(-c2ccc3c(sc4ccccc43)c2C)c1C. The first-order valence-corrected chi connectivity index (χ1v) is 15.8. The van der Waals surface area contributed by atoms with Gasteiger partial charge in [-0.25, -0.2) is 0 Å². The molecule has 0 amide bonds. The van der Waals surface area contributed by atoms with E-state index in [0.717, 1.165) is 6.42 Å². The highest BCUT2D eigenvalue weighted by Crippen LogP contribution is 2.44. The van der Waals surface area contributed by atoms with Crippen molar-refractivity contribution in [2.75, 3.05) is 0 Å². The van der Waals surface area contributed by atoms with Crippen molar-refractivity contribution in [2.24, 2.45) is 11.8 Å². The first kappa shape index (κ1) is 27.5. The van der Waals surface area contributed by atoms with Crippen molar-refractivity contribution >= 4 is 31.5 Å². The molecule has 0 radical (unpaired) electrons. The van der Waals surface area contributed by atoms with E-state index in [4.69, 9.17) is 0 Å². The normalized spacial score (nSPS) is 16.6. The third-order valence-corrected chi connectivity index (χ3v) is 10.7. The Hall–Kier alpha value is -3.68. The van der Waals surface area contributed by atoms with E-state index in [-0.39, 0.29) is 0 Å². The van der Waals surface area contributed by atoms with Gasteiger partial charge in [0.2, 0.25) is 0 Å². The van der Waals surface area contributed by atoms with Crippen molar-refractivity contribution in [1.29, 1.82) is 0 Å². The van der Waals surface area contributed by atoms with Crippen molar-refractivity contribution in [3.05, 3.63) is 131 Å². The molecule has 0 saturated heterocycles. The molecule has 0 saturated carbocycles. The Kier molecular flexibility index (Phi) is 7.34. The molecule has 0 spiro atoms. The molecule has 0 bridgehead atoms. The third kappa shape index (κ3) is 4.81. The second-order valence-corrected chi connectivity index (χ2v) is 13.1. The minimum atomic E-state index is 0.332. The first-order chi connectivity index (χ1) is 19.8. The quantitative estimate of drug-likeness (QED) is 0.196. The Balaban J connectivity index is 1.44. The van der Waals surface area contributed by atoms with E-state index >= 15 is 0 Å². The molecule has 3 unspecified atom stereocenters. The summed E-state index contributed by atoms with van der Waals surface area (Å²) in [6, 6.07) is 27.1. The fourth-order valence-electron chi connectivity index (χ4n) is 6.78. The van der Waals surface area contributed by atoms with Crippen molar-refractivity contribution in [1.82, 2.24) is 0 Å². The highest BCUT2D eigenvalue weighted by molar-refractivity contribution is 7.26. The molecule has 206 valence electrons. The Morgan fingerprint density at radius 3 is 2.32 bits per heavy atom. The highest BCUT2D eigenvalue weighted by Gasteiger charge is 2.24. The van der Waals surface area contributed by atoms with Gasteiger partial charge < -0.3 is 0 Å². The minimum absolute atomic E-state index is 0.332. The van der Waals surface area contributed by atoms with Crippen LogP contribution < -0.4 is 0 Å². The summed E-state index contributed by atoms with van der Waals surface area (Å²) in [7, 11) is 0. The van der Waals surface area contributed by atoms with E-state index in [1.165, 1.54) is 75.8 Å². The van der Waals surface area contributed by atoms with Crippen LogP contribution in [0, 0.1) is 32.6 Å². The van der Waals surface area contributed by atoms with E-state index < -0.39 is 0 Å². The van der Waals surface area contributed by atoms with Gasteiger partial charge in [-0.15, -0.1) is 11.3 Å². The van der Waals surface area contributed by atoms with Crippen LogP contribution in [0.5, 0.6) is 0 Å². The van der Waals surface area contributed by atoms with Gasteiger partial charge >= 0.3 is 0 Å². The van der Waals surface area contributed by atoms with Crippen LogP contribution in [0.25, 0.3) is 42.4 Å². The number of thiophene rings is 1. The maximum Gasteiger partial charge on any atom is 0.0390 e. The van der Waals surface area contributed by atoms with Crippen molar-refractivity contribution < 1.29 is 0 Å². The number of aryl methyl sites for hydroxylation is 2. The first-order valence-electron chi connectivity index (χ1n) is 14.9. The highest BCUT2D eigenvalue weighted by atomic mass is 32.1. The van der Waals surface area contributed by atoms with Gasteiger partial charge in [-0.3, -0.25) is 0 Å². The molecule has 3 atom stereocenters. The van der Waals surface area contributed by atoms with Crippen LogP contribution in [0.2, 0.25) is 0 Å². The summed E-state index contributed by atoms with van der Waals surface area (Å²) in [4.78, 5) is 0. The van der Waals surface area contributed by atoms with Crippen LogP contribution in [0.15, 0.2) is 109 Å². The van der Waals surface area contributed by atoms with Crippen molar-refractivity contribution in [3.8, 4) is 22.3 Å². The molecule has 0 nitrogen and oxygen atoms in total. The molecule has 0 aliphatic heterocycles. The minimum Gasteiger partial charge on any atom is -0.135 e. The summed E-state index contributed by atoms with van der Waals surface area (Å²) in [6.45, 7) is 18.5. The molecule has 1 heterocycles. The fourth-order valence-corrected chi connectivity index (χ4v) is 7.98. The van der Waals surface area contributed by atoms with E-state index in [0.29, 0.717) is 17.8 Å². The van der Waals surface area contributed by atoms with Gasteiger partial charge in [-0.1, -0.05) is 112 Å². The molecule has 5 aromatic rings. The van der Waals surface area contributed by atoms with Gasteiger partial charge in [0, 0.05) is 20.2 Å². The standard InChI is InChI=1S/C40H40S/c1-24-13-12-14-31(23-24)27(4)26(3)28(5)32-15-8-9-17-36(32)39-25(2)19-20-33(29(39)6)34-21-22-37-35-16-10-11-18-38(35)41-40(37)30(34)7/h8-12,14-24,26,28H,4,13H2,1-3,5-7H3.